The predicted octanol–water partition coefficient (Wildman–Crippen LogP) is 2.97. The maximum atomic E-state index is 4.52. The van der Waals surface area contributed by atoms with Crippen LogP contribution in [0.1, 0.15) is 25.6 Å². The van der Waals surface area contributed by atoms with E-state index in [-0.39, 0.29) is 0 Å². The Morgan fingerprint density at radius 3 is 2.81 bits per heavy atom. The molecule has 1 rings (SSSR count). The topological polar surface area (TPSA) is 36.4 Å². The molecule has 0 aliphatic rings. The van der Waals surface area contributed by atoms with Crippen LogP contribution in [0.25, 0.3) is 0 Å². The van der Waals surface area contributed by atoms with E-state index in [1.807, 2.05) is 0 Å². The molecule has 2 N–H and O–H groups in total. The molecule has 1 aromatic rings. The van der Waals surface area contributed by atoms with Gasteiger partial charge in [-0.3, -0.25) is 0 Å². The molecule has 5 heteroatoms. The summed E-state index contributed by atoms with van der Waals surface area (Å²) in [6.45, 7) is 7.88. The van der Waals surface area contributed by atoms with Gasteiger partial charge in [-0.05, 0) is 42.8 Å². The Balaban J connectivity index is 2.56. The fraction of sp³-hybridized carbons (Fsp3) is 0.545. The molecule has 0 unspecified atom stereocenters. The molecule has 1 aromatic heterocycles. The molecule has 0 spiro atoms. The lowest BCUT2D eigenvalue weighted by molar-refractivity contribution is 0.701. The molecule has 0 aliphatic heterocycles. The smallest absolute Gasteiger partial charge is 0.191 e. The van der Waals surface area contributed by atoms with E-state index in [4.69, 9.17) is 0 Å². The van der Waals surface area contributed by atoms with Crippen molar-refractivity contribution in [2.45, 2.75) is 33.4 Å². The third-order valence-electron chi connectivity index (χ3n) is 1.78. The molecule has 0 aromatic carbocycles. The molecule has 16 heavy (non-hydrogen) atoms. The average Bonchev–Trinajstić information content (AvgIpc) is 2.60. The summed E-state index contributed by atoms with van der Waals surface area (Å²) < 4.78 is 1.13. The predicted molar refractivity (Wildman–Crippen MR) is 75.1 cm³/mol. The molecule has 0 fully saturated rings. The van der Waals surface area contributed by atoms with Crippen LogP contribution in [0.15, 0.2) is 20.9 Å². The second-order valence-electron chi connectivity index (χ2n) is 3.73. The van der Waals surface area contributed by atoms with E-state index in [1.54, 1.807) is 11.3 Å². The van der Waals surface area contributed by atoms with Crippen molar-refractivity contribution in [2.24, 2.45) is 4.99 Å². The first-order valence-corrected chi connectivity index (χ1v) is 7.06. The number of halogens is 1. The molecule has 3 nitrogen and oxygen atoms in total. The molecule has 0 bridgehead atoms. The lowest BCUT2D eigenvalue weighted by Gasteiger charge is -2.13. The van der Waals surface area contributed by atoms with Crippen LogP contribution >= 0.6 is 27.3 Å². The van der Waals surface area contributed by atoms with Crippen molar-refractivity contribution < 1.29 is 0 Å². The Morgan fingerprint density at radius 2 is 2.31 bits per heavy atom. The van der Waals surface area contributed by atoms with Crippen LogP contribution in [-0.4, -0.2) is 18.5 Å². The normalized spacial score (nSPS) is 11.9. The molecule has 0 aliphatic carbocycles. The lowest BCUT2D eigenvalue weighted by atomic mass is 10.4. The maximum absolute atomic E-state index is 4.52. The quantitative estimate of drug-likeness (QED) is 0.663. The molecular formula is C11H18BrN3S. The average molecular weight is 304 g/mol. The molecular weight excluding hydrogens is 286 g/mol. The number of hydrogen-bond acceptors (Lipinski definition) is 2. The minimum atomic E-state index is 0.396. The van der Waals surface area contributed by atoms with Gasteiger partial charge < -0.3 is 10.6 Å². The zero-order valence-corrected chi connectivity index (χ0v) is 12.3. The number of nitrogens with one attached hydrogen (secondary N) is 2. The van der Waals surface area contributed by atoms with Crippen LogP contribution < -0.4 is 10.6 Å². The summed E-state index contributed by atoms with van der Waals surface area (Å²) in [6.07, 6.45) is 0. The Bertz CT molecular complexity index is 347. The van der Waals surface area contributed by atoms with Gasteiger partial charge in [-0.25, -0.2) is 4.99 Å². The zero-order valence-electron chi connectivity index (χ0n) is 9.88. The lowest BCUT2D eigenvalue weighted by Crippen LogP contribution is -2.40. The van der Waals surface area contributed by atoms with Gasteiger partial charge in [0.25, 0.3) is 0 Å². The number of hydrogen-bond donors (Lipinski definition) is 2. The summed E-state index contributed by atoms with van der Waals surface area (Å²) in [5.74, 6) is 0.877. The fourth-order valence-corrected chi connectivity index (χ4v) is 2.56. The van der Waals surface area contributed by atoms with Crippen LogP contribution in [0.4, 0.5) is 0 Å². The molecule has 0 radical (unpaired) electrons. The summed E-state index contributed by atoms with van der Waals surface area (Å²) in [5.41, 5.74) is 0. The van der Waals surface area contributed by atoms with Crippen LogP contribution in [0.2, 0.25) is 0 Å². The van der Waals surface area contributed by atoms with Crippen molar-refractivity contribution >= 4 is 33.2 Å². The standard InChI is InChI=1S/C11H18BrN3S/c1-4-13-11(15-8(2)3)14-6-10-5-9(12)7-16-10/h5,7-8H,4,6H2,1-3H3,(H2,13,14,15). The Labute approximate surface area is 109 Å². The highest BCUT2D eigenvalue weighted by atomic mass is 79.9. The highest BCUT2D eigenvalue weighted by Crippen LogP contribution is 2.20. The number of nitrogens with zero attached hydrogens (tertiary/aromatic N) is 1. The second-order valence-corrected chi connectivity index (χ2v) is 5.64. The van der Waals surface area contributed by atoms with Crippen molar-refractivity contribution in [2.75, 3.05) is 6.54 Å². The van der Waals surface area contributed by atoms with Gasteiger partial charge in [0, 0.05) is 27.3 Å². The minimum Gasteiger partial charge on any atom is -0.357 e. The Kier molecular flexibility index (Phi) is 5.84. The van der Waals surface area contributed by atoms with Gasteiger partial charge in [0.2, 0.25) is 0 Å². The summed E-state index contributed by atoms with van der Waals surface area (Å²) in [4.78, 5) is 5.78. The minimum absolute atomic E-state index is 0.396. The van der Waals surface area contributed by atoms with Crippen LogP contribution in [0.3, 0.4) is 0 Å². The van der Waals surface area contributed by atoms with Gasteiger partial charge in [-0.1, -0.05) is 0 Å². The van der Waals surface area contributed by atoms with Crippen LogP contribution in [0.5, 0.6) is 0 Å². The largest absolute Gasteiger partial charge is 0.357 e. The summed E-state index contributed by atoms with van der Waals surface area (Å²) >= 11 is 5.16. The molecule has 0 atom stereocenters. The van der Waals surface area contributed by atoms with Gasteiger partial charge in [-0.2, -0.15) is 0 Å². The van der Waals surface area contributed by atoms with Crippen LogP contribution in [-0.2, 0) is 6.54 Å². The molecule has 1 heterocycles. The second kappa shape index (κ2) is 6.91. The van der Waals surface area contributed by atoms with Crippen molar-refractivity contribution in [1.29, 1.82) is 0 Å². The summed E-state index contributed by atoms with van der Waals surface area (Å²) in [6, 6.07) is 2.50. The van der Waals surface area contributed by atoms with Crippen molar-refractivity contribution in [3.05, 3.63) is 20.8 Å². The van der Waals surface area contributed by atoms with Crippen molar-refractivity contribution in [1.82, 2.24) is 10.6 Å². The molecule has 90 valence electrons. The third kappa shape index (κ3) is 4.99. The Morgan fingerprint density at radius 1 is 1.56 bits per heavy atom. The molecule has 0 saturated heterocycles. The van der Waals surface area contributed by atoms with Gasteiger partial charge in [0.15, 0.2) is 5.96 Å². The summed E-state index contributed by atoms with van der Waals surface area (Å²) in [5, 5.41) is 8.59. The van der Waals surface area contributed by atoms with E-state index in [0.29, 0.717) is 6.04 Å². The van der Waals surface area contributed by atoms with Gasteiger partial charge in [0.05, 0.1) is 6.54 Å². The van der Waals surface area contributed by atoms with E-state index in [1.165, 1.54) is 4.88 Å². The monoisotopic (exact) mass is 303 g/mol. The molecule has 0 saturated carbocycles. The van der Waals surface area contributed by atoms with Gasteiger partial charge in [0.1, 0.15) is 0 Å². The van der Waals surface area contributed by atoms with E-state index in [2.05, 4.69) is 63.8 Å². The Hall–Kier alpha value is -0.550. The van der Waals surface area contributed by atoms with E-state index in [0.717, 1.165) is 23.5 Å². The fourth-order valence-electron chi connectivity index (χ4n) is 1.19. The first-order chi connectivity index (χ1) is 7.61. The molecule has 0 amide bonds. The van der Waals surface area contributed by atoms with E-state index < -0.39 is 0 Å². The number of aliphatic imine (C=N–C) groups is 1. The SMILES string of the molecule is CCNC(=NCc1cc(Br)cs1)NC(C)C. The number of guanidine groups is 1. The first kappa shape index (κ1) is 13.5. The summed E-state index contributed by atoms with van der Waals surface area (Å²) in [7, 11) is 0. The van der Waals surface area contributed by atoms with Gasteiger partial charge >= 0.3 is 0 Å². The van der Waals surface area contributed by atoms with Gasteiger partial charge in [-0.15, -0.1) is 11.3 Å². The number of thiophene rings is 1. The van der Waals surface area contributed by atoms with Crippen molar-refractivity contribution in [3.8, 4) is 0 Å². The maximum Gasteiger partial charge on any atom is 0.191 e. The van der Waals surface area contributed by atoms with E-state index in [9.17, 15) is 0 Å². The van der Waals surface area contributed by atoms with E-state index >= 15 is 0 Å². The first-order valence-electron chi connectivity index (χ1n) is 5.39. The number of rotatable bonds is 4. The third-order valence-corrected chi connectivity index (χ3v) is 3.47. The highest BCUT2D eigenvalue weighted by Gasteiger charge is 2.00. The zero-order chi connectivity index (χ0) is 12.0. The van der Waals surface area contributed by atoms with Crippen molar-refractivity contribution in [3.63, 3.8) is 0 Å². The van der Waals surface area contributed by atoms with Crippen LogP contribution in [0, 0.1) is 0 Å². The highest BCUT2D eigenvalue weighted by molar-refractivity contribution is 9.10.